The second kappa shape index (κ2) is 7.52. The zero-order chi connectivity index (χ0) is 21.6. The van der Waals surface area contributed by atoms with Gasteiger partial charge >= 0.3 is 17.9 Å². The van der Waals surface area contributed by atoms with Crippen LogP contribution < -0.4 is 5.73 Å². The molecule has 4 rings (SSSR count). The first kappa shape index (κ1) is 20.0. The van der Waals surface area contributed by atoms with Crippen LogP contribution in [0.15, 0.2) is 6.33 Å². The Hall–Kier alpha value is -3.28. The maximum atomic E-state index is 12.9. The Kier molecular flexibility index (Phi) is 5.02. The van der Waals surface area contributed by atoms with Crippen LogP contribution in [-0.2, 0) is 33.3 Å². The fourth-order valence-electron chi connectivity index (χ4n) is 4.10. The van der Waals surface area contributed by atoms with Crippen molar-refractivity contribution in [2.45, 2.75) is 45.1 Å². The van der Waals surface area contributed by atoms with Crippen molar-refractivity contribution in [2.24, 2.45) is 5.92 Å². The molecule has 0 amide bonds. The standard InChI is InChI=1S/C18H21N5O7/c1-4-27-18(26)11-10-13(29-8(3)25)9(5-28-7(2)24)30-17(10)23-15(11)22-12-14(19)20-6-21-16(12)23/h6,9-11,13,17H,4-5H2,1-3H3,(H2,19,20,21)/t9-,10+,11?,13-,17-/m1/s1. The fraction of sp³-hybridized carbons (Fsp3) is 0.556. The van der Waals surface area contributed by atoms with E-state index in [9.17, 15) is 14.4 Å². The highest BCUT2D eigenvalue weighted by Gasteiger charge is 2.60. The van der Waals surface area contributed by atoms with Gasteiger partial charge in [-0.15, -0.1) is 0 Å². The average molecular weight is 419 g/mol. The largest absolute Gasteiger partial charge is 0.465 e. The minimum atomic E-state index is -0.893. The Morgan fingerprint density at radius 1 is 1.20 bits per heavy atom. The number of nitrogens with two attached hydrogens (primary N) is 1. The van der Waals surface area contributed by atoms with Crippen LogP contribution in [0, 0.1) is 5.92 Å². The number of imidazole rings is 1. The van der Waals surface area contributed by atoms with E-state index >= 15 is 0 Å². The summed E-state index contributed by atoms with van der Waals surface area (Å²) in [6.45, 7) is 4.22. The number of carbonyl (C=O) groups excluding carboxylic acids is 3. The van der Waals surface area contributed by atoms with Crippen molar-refractivity contribution < 1.29 is 33.3 Å². The highest BCUT2D eigenvalue weighted by molar-refractivity contribution is 5.86. The number of nitrogen functional groups attached to an aromatic ring is 1. The van der Waals surface area contributed by atoms with E-state index in [1.165, 1.54) is 20.2 Å². The van der Waals surface area contributed by atoms with E-state index in [0.717, 1.165) is 0 Å². The molecule has 0 saturated carbocycles. The number of esters is 3. The molecule has 5 atom stereocenters. The molecule has 0 radical (unpaired) electrons. The minimum Gasteiger partial charge on any atom is -0.465 e. The zero-order valence-corrected chi connectivity index (χ0v) is 16.6. The lowest BCUT2D eigenvalue weighted by atomic mass is 9.88. The molecule has 2 aliphatic heterocycles. The number of nitrogens with zero attached hydrogens (tertiary/aromatic N) is 4. The number of ether oxygens (including phenoxy) is 4. The number of fused-ring (bicyclic) bond motifs is 5. The molecule has 12 heteroatoms. The van der Waals surface area contributed by atoms with Crippen molar-refractivity contribution in [2.75, 3.05) is 18.9 Å². The number of rotatable bonds is 5. The van der Waals surface area contributed by atoms with Crippen molar-refractivity contribution in [3.63, 3.8) is 0 Å². The fourth-order valence-corrected chi connectivity index (χ4v) is 4.10. The monoisotopic (exact) mass is 419 g/mol. The maximum Gasteiger partial charge on any atom is 0.317 e. The lowest BCUT2D eigenvalue weighted by Gasteiger charge is -2.24. The van der Waals surface area contributed by atoms with E-state index in [1.807, 2.05) is 0 Å². The van der Waals surface area contributed by atoms with Crippen molar-refractivity contribution in [1.82, 2.24) is 19.5 Å². The van der Waals surface area contributed by atoms with Crippen LogP contribution in [0.3, 0.4) is 0 Å². The molecule has 2 aliphatic rings. The number of aromatic nitrogens is 4. The Morgan fingerprint density at radius 3 is 2.63 bits per heavy atom. The number of anilines is 1. The predicted molar refractivity (Wildman–Crippen MR) is 98.7 cm³/mol. The summed E-state index contributed by atoms with van der Waals surface area (Å²) in [6.07, 6.45) is -1.11. The molecule has 1 unspecified atom stereocenters. The zero-order valence-electron chi connectivity index (χ0n) is 16.6. The van der Waals surface area contributed by atoms with Crippen LogP contribution >= 0.6 is 0 Å². The van der Waals surface area contributed by atoms with Gasteiger partial charge in [-0.05, 0) is 6.92 Å². The van der Waals surface area contributed by atoms with Gasteiger partial charge in [-0.25, -0.2) is 15.0 Å². The second-order valence-corrected chi connectivity index (χ2v) is 7.02. The molecule has 4 heterocycles. The average Bonchev–Trinajstić information content (AvgIpc) is 3.29. The van der Waals surface area contributed by atoms with Gasteiger partial charge in [0.05, 0.1) is 12.5 Å². The van der Waals surface area contributed by atoms with E-state index in [2.05, 4.69) is 15.0 Å². The first-order valence-electron chi connectivity index (χ1n) is 9.44. The molecule has 30 heavy (non-hydrogen) atoms. The molecule has 2 N–H and O–H groups in total. The lowest BCUT2D eigenvalue weighted by Crippen LogP contribution is -2.38. The SMILES string of the molecule is CCOC(=O)C1c2nc3c(N)ncnc3n2[C@@H]2O[C@H](COC(C)=O)[C@@H](OC(C)=O)[C@H]12. The van der Waals surface area contributed by atoms with Gasteiger partial charge in [0.1, 0.15) is 43.1 Å². The van der Waals surface area contributed by atoms with Crippen LogP contribution in [0.4, 0.5) is 5.82 Å². The van der Waals surface area contributed by atoms with E-state index in [1.54, 1.807) is 11.5 Å². The van der Waals surface area contributed by atoms with Crippen LogP contribution in [-0.4, -0.2) is 62.8 Å². The summed E-state index contributed by atoms with van der Waals surface area (Å²) in [5.74, 6) is -2.64. The van der Waals surface area contributed by atoms with Crippen molar-refractivity contribution >= 4 is 34.9 Å². The molecule has 0 bridgehead atoms. The molecule has 0 spiro atoms. The Bertz CT molecular complexity index is 1020. The molecule has 0 aliphatic carbocycles. The van der Waals surface area contributed by atoms with Crippen LogP contribution in [0.5, 0.6) is 0 Å². The third-order valence-corrected chi connectivity index (χ3v) is 5.13. The van der Waals surface area contributed by atoms with E-state index < -0.39 is 48.2 Å². The van der Waals surface area contributed by atoms with Crippen LogP contribution in [0.1, 0.15) is 38.7 Å². The summed E-state index contributed by atoms with van der Waals surface area (Å²) in [7, 11) is 0. The first-order chi connectivity index (χ1) is 14.3. The molecule has 2 aromatic heterocycles. The second-order valence-electron chi connectivity index (χ2n) is 7.02. The number of carbonyl (C=O) groups is 3. The molecule has 1 saturated heterocycles. The van der Waals surface area contributed by atoms with E-state index in [0.29, 0.717) is 17.0 Å². The van der Waals surface area contributed by atoms with Gasteiger partial charge in [0.15, 0.2) is 17.0 Å². The van der Waals surface area contributed by atoms with Gasteiger partial charge in [0, 0.05) is 13.8 Å². The maximum absolute atomic E-state index is 12.9. The smallest absolute Gasteiger partial charge is 0.317 e. The van der Waals surface area contributed by atoms with Crippen molar-refractivity contribution in [1.29, 1.82) is 0 Å². The summed E-state index contributed by atoms with van der Waals surface area (Å²) in [5, 5.41) is 0. The van der Waals surface area contributed by atoms with Crippen LogP contribution in [0.25, 0.3) is 11.2 Å². The molecule has 0 aromatic carbocycles. The summed E-state index contributed by atoms with van der Waals surface area (Å²) in [6, 6.07) is 0. The molecule has 12 nitrogen and oxygen atoms in total. The van der Waals surface area contributed by atoms with Crippen molar-refractivity contribution in [3.8, 4) is 0 Å². The topological polar surface area (TPSA) is 158 Å². The first-order valence-corrected chi connectivity index (χ1v) is 9.44. The normalized spacial score (nSPS) is 26.8. The predicted octanol–water partition coefficient (Wildman–Crippen LogP) is 0.0772. The third-order valence-electron chi connectivity index (χ3n) is 5.13. The molecular weight excluding hydrogens is 398 g/mol. The van der Waals surface area contributed by atoms with E-state index in [-0.39, 0.29) is 19.0 Å². The highest BCUT2D eigenvalue weighted by atomic mass is 16.6. The molecule has 2 aromatic rings. The van der Waals surface area contributed by atoms with Gasteiger partial charge in [-0.1, -0.05) is 0 Å². The van der Waals surface area contributed by atoms with Gasteiger partial charge < -0.3 is 24.7 Å². The Morgan fingerprint density at radius 2 is 1.97 bits per heavy atom. The summed E-state index contributed by atoms with van der Waals surface area (Å²) < 4.78 is 23.6. The summed E-state index contributed by atoms with van der Waals surface area (Å²) in [4.78, 5) is 48.6. The minimum absolute atomic E-state index is 0.144. The Balaban J connectivity index is 1.82. The van der Waals surface area contributed by atoms with Gasteiger partial charge in [0.25, 0.3) is 0 Å². The highest BCUT2D eigenvalue weighted by Crippen LogP contribution is 2.52. The van der Waals surface area contributed by atoms with Gasteiger partial charge in [0.2, 0.25) is 0 Å². The Labute approximate surface area is 170 Å². The van der Waals surface area contributed by atoms with Gasteiger partial charge in [-0.3, -0.25) is 19.0 Å². The van der Waals surface area contributed by atoms with Gasteiger partial charge in [-0.2, -0.15) is 0 Å². The summed E-state index contributed by atoms with van der Waals surface area (Å²) in [5.41, 5.74) is 6.64. The number of hydrogen-bond acceptors (Lipinski definition) is 11. The molecule has 1 fully saturated rings. The molecule has 160 valence electrons. The van der Waals surface area contributed by atoms with Crippen LogP contribution in [0.2, 0.25) is 0 Å². The third kappa shape index (κ3) is 3.12. The number of hydrogen-bond donors (Lipinski definition) is 1. The van der Waals surface area contributed by atoms with Crippen molar-refractivity contribution in [3.05, 3.63) is 12.2 Å². The summed E-state index contributed by atoms with van der Waals surface area (Å²) >= 11 is 0. The molecular formula is C18H21N5O7. The quantitative estimate of drug-likeness (QED) is 0.516. The lowest BCUT2D eigenvalue weighted by molar-refractivity contribution is -0.159. The van der Waals surface area contributed by atoms with E-state index in [4.69, 9.17) is 24.7 Å².